The van der Waals surface area contributed by atoms with Gasteiger partial charge in [-0.15, -0.1) is 0 Å². The zero-order chi connectivity index (χ0) is 60.6. The predicted molar refractivity (Wildman–Crippen MR) is 291 cm³/mol. The van der Waals surface area contributed by atoms with Gasteiger partial charge in [-0.1, -0.05) is 13.8 Å². The van der Waals surface area contributed by atoms with Gasteiger partial charge < -0.3 is 103 Å². The normalized spacial score (nSPS) is 13.9. The summed E-state index contributed by atoms with van der Waals surface area (Å²) in [7, 11) is 0. The van der Waals surface area contributed by atoms with Gasteiger partial charge in [0, 0.05) is 56.1 Å². The number of imidazole rings is 2. The molecule has 0 aromatic carbocycles. The number of nitrogens with one attached hydrogen (secondary N) is 10. The van der Waals surface area contributed by atoms with Crippen molar-refractivity contribution in [2.45, 2.75) is 146 Å². The molecule has 0 saturated carbocycles. The minimum absolute atomic E-state index is 0.0132. The van der Waals surface area contributed by atoms with Crippen LogP contribution in [0, 0.1) is 5.92 Å². The summed E-state index contributed by atoms with van der Waals surface area (Å²) in [6.45, 7) is 3.00. The van der Waals surface area contributed by atoms with Crippen LogP contribution in [-0.4, -0.2) is 177 Å². The molecule has 81 heavy (non-hydrogen) atoms. The third-order valence-corrected chi connectivity index (χ3v) is 11.8. The van der Waals surface area contributed by atoms with E-state index in [9.17, 15) is 57.8 Å². The van der Waals surface area contributed by atoms with Crippen molar-refractivity contribution in [1.29, 1.82) is 0 Å². The van der Waals surface area contributed by atoms with Gasteiger partial charge in [-0.2, -0.15) is 0 Å². The largest absolute Gasteiger partial charge is 0.480 e. The third-order valence-electron chi connectivity index (χ3n) is 11.8. The Morgan fingerprint density at radius 3 is 1.46 bits per heavy atom. The second-order valence-corrected chi connectivity index (χ2v) is 19.2. The zero-order valence-corrected chi connectivity index (χ0v) is 45.4. The maximum Gasteiger partial charge on any atom is 0.326 e. The molecule has 0 spiro atoms. The van der Waals surface area contributed by atoms with Crippen molar-refractivity contribution >= 4 is 77.0 Å². The smallest absolute Gasteiger partial charge is 0.326 e. The number of carbonyl (C=O) groups is 11. The Morgan fingerprint density at radius 1 is 0.543 bits per heavy atom. The first kappa shape index (κ1) is 68.2. The number of aliphatic carboxylic acids is 1. The van der Waals surface area contributed by atoms with E-state index in [2.05, 4.69) is 72.5 Å². The molecule has 2 rings (SSSR count). The van der Waals surface area contributed by atoms with Crippen molar-refractivity contribution in [2.75, 3.05) is 26.2 Å². The number of amides is 10. The zero-order valence-electron chi connectivity index (χ0n) is 45.4. The highest BCUT2D eigenvalue weighted by atomic mass is 16.4. The molecule has 27 N–H and O–H groups in total. The average molecular weight is 1150 g/mol. The average Bonchev–Trinajstić information content (AvgIpc) is 4.12. The quantitative estimate of drug-likeness (QED) is 0.0167. The predicted octanol–water partition coefficient (Wildman–Crippen LogP) is -7.74. The van der Waals surface area contributed by atoms with Crippen molar-refractivity contribution in [3.63, 3.8) is 0 Å². The first-order chi connectivity index (χ1) is 38.3. The summed E-state index contributed by atoms with van der Waals surface area (Å²) in [6.07, 6.45) is 4.59. The second kappa shape index (κ2) is 36.3. The van der Waals surface area contributed by atoms with Gasteiger partial charge in [-0.05, 0) is 70.3 Å². The van der Waals surface area contributed by atoms with Crippen LogP contribution in [0.25, 0.3) is 0 Å². The third kappa shape index (κ3) is 28.0. The van der Waals surface area contributed by atoms with E-state index in [1.807, 2.05) is 0 Å². The Kier molecular flexibility index (Phi) is 30.5. The van der Waals surface area contributed by atoms with Crippen LogP contribution in [0.4, 0.5) is 0 Å². The number of carboxylic acid groups (broad SMARTS) is 1. The molecule has 8 atom stereocenters. The summed E-state index contributed by atoms with van der Waals surface area (Å²) < 4.78 is 0. The highest BCUT2D eigenvalue weighted by molar-refractivity contribution is 5.98. The van der Waals surface area contributed by atoms with Crippen molar-refractivity contribution in [3.05, 3.63) is 36.4 Å². The van der Waals surface area contributed by atoms with E-state index >= 15 is 0 Å². The highest BCUT2D eigenvalue weighted by Gasteiger charge is 2.34. The van der Waals surface area contributed by atoms with Gasteiger partial charge in [0.25, 0.3) is 0 Å². The van der Waals surface area contributed by atoms with Crippen LogP contribution >= 0.6 is 0 Å². The lowest BCUT2D eigenvalue weighted by Crippen LogP contribution is -2.59. The fourth-order valence-electron chi connectivity index (χ4n) is 7.67. The minimum atomic E-state index is -1.71. The number of aromatic nitrogens is 4. The van der Waals surface area contributed by atoms with E-state index in [1.165, 1.54) is 25.0 Å². The Labute approximate surface area is 466 Å². The summed E-state index contributed by atoms with van der Waals surface area (Å²) in [6, 6.07) is -11.3. The number of carboxylic acids is 1. The standard InChI is InChI=1S/C47H80N22O12/c1-24(2)15-31(42(77)66-30(9-6-14-59-47(54)55)41(76)67-32(16-25-19-56-22-61-25)43(78)69-34(45(80)81)17-26-20-57-23-62-26)63-37(72)21-60-39(74)28(7-3-4-12-48)65-44(79)33(18-36(51)71)68-40(75)29(8-5-13-58-46(52)53)64-38(73)27(49)10-11-35(50)70/h19-20,22-24,27-34H,3-18,21,48-49H2,1-2H3,(H2,50,70)(H2,51,71)(H,56,61)(H,57,62)(H,60,74)(H,63,72)(H,64,73)(H,65,79)(H,66,77)(H,67,76)(H,68,75)(H,69,78)(H,80,81)(H4,52,53,58)(H4,54,55,59)/t27-,28-,29-,30-,31-,32-,33-,34-/m0/s1. The van der Waals surface area contributed by atoms with E-state index in [0.717, 1.165) is 0 Å². The van der Waals surface area contributed by atoms with Crippen LogP contribution in [0.5, 0.6) is 0 Å². The summed E-state index contributed by atoms with van der Waals surface area (Å²) in [5.74, 6) is -11.1. The summed E-state index contributed by atoms with van der Waals surface area (Å²) in [4.78, 5) is 167. The van der Waals surface area contributed by atoms with Crippen molar-refractivity contribution in [2.24, 2.45) is 61.8 Å². The van der Waals surface area contributed by atoms with Gasteiger partial charge in [0.05, 0.1) is 31.7 Å². The lowest BCUT2D eigenvalue weighted by molar-refractivity contribution is -0.142. The Bertz CT molecular complexity index is 2450. The molecule has 0 saturated heterocycles. The number of unbranched alkanes of at least 4 members (excludes halogenated alkanes) is 1. The van der Waals surface area contributed by atoms with Gasteiger partial charge in [-0.3, -0.25) is 57.9 Å². The summed E-state index contributed by atoms with van der Waals surface area (Å²) in [5.41, 5.74) is 44.8. The number of nitrogens with two attached hydrogens (primary N) is 8. The lowest BCUT2D eigenvalue weighted by Gasteiger charge is -2.27. The molecule has 0 aliphatic carbocycles. The van der Waals surface area contributed by atoms with Crippen LogP contribution in [0.1, 0.15) is 95.9 Å². The molecule has 2 heterocycles. The number of hydrogen-bond donors (Lipinski definition) is 19. The Balaban J connectivity index is 2.33. The number of nitrogens with zero attached hydrogens (tertiary/aromatic N) is 4. The Morgan fingerprint density at radius 2 is 0.988 bits per heavy atom. The molecular weight excluding hydrogens is 1060 g/mol. The number of guanidine groups is 2. The maximum absolute atomic E-state index is 14.1. The first-order valence-corrected chi connectivity index (χ1v) is 26.0. The molecule has 2 aromatic heterocycles. The molecule has 34 nitrogen and oxygen atoms in total. The summed E-state index contributed by atoms with van der Waals surface area (Å²) >= 11 is 0. The number of aromatic amines is 2. The van der Waals surface area contributed by atoms with Gasteiger partial charge in [0.2, 0.25) is 59.1 Å². The van der Waals surface area contributed by atoms with E-state index < -0.39 is 126 Å². The first-order valence-electron chi connectivity index (χ1n) is 26.0. The molecule has 0 radical (unpaired) electrons. The van der Waals surface area contributed by atoms with E-state index in [1.54, 1.807) is 13.8 Å². The second-order valence-electron chi connectivity index (χ2n) is 19.2. The molecule has 450 valence electrons. The van der Waals surface area contributed by atoms with Crippen molar-refractivity contribution < 1.29 is 57.8 Å². The van der Waals surface area contributed by atoms with Crippen molar-refractivity contribution in [3.8, 4) is 0 Å². The SMILES string of the molecule is CC(C)C[C@H](NC(=O)CNC(=O)[C@H](CCCCN)NC(=O)[C@H](CC(N)=O)NC(=O)[C@H](CCCN=C(N)N)NC(=O)[C@@H](N)CCC(N)=O)C(=O)N[C@@H](CCCN=C(N)N)C(=O)N[C@@H](Cc1cnc[nH]1)C(=O)N[C@@H](Cc1cnc[nH]1)C(=O)O. The van der Waals surface area contributed by atoms with Crippen LogP contribution in [0.15, 0.2) is 35.0 Å². The summed E-state index contributed by atoms with van der Waals surface area (Å²) in [5, 5.41) is 29.9. The number of carbonyl (C=O) groups excluding carboxylic acids is 10. The fourth-order valence-corrected chi connectivity index (χ4v) is 7.67. The maximum atomic E-state index is 14.1. The van der Waals surface area contributed by atoms with Gasteiger partial charge in [0.1, 0.15) is 42.3 Å². The molecule has 0 aliphatic heterocycles. The molecular formula is C47H80N22O12. The van der Waals surface area contributed by atoms with Crippen molar-refractivity contribution in [1.82, 2.24) is 62.5 Å². The molecule has 2 aromatic rings. The minimum Gasteiger partial charge on any atom is -0.480 e. The fraction of sp³-hybridized carbons (Fsp3) is 0.596. The van der Waals surface area contributed by atoms with Crippen LogP contribution < -0.4 is 88.4 Å². The van der Waals surface area contributed by atoms with Gasteiger partial charge in [-0.25, -0.2) is 14.8 Å². The number of aliphatic imine (C=N–C) groups is 2. The number of primary amides is 2. The number of rotatable bonds is 40. The molecule has 0 aliphatic rings. The number of hydrogen-bond acceptors (Lipinski definition) is 17. The molecule has 0 fully saturated rings. The molecule has 0 bridgehead atoms. The molecule has 0 unspecified atom stereocenters. The van der Waals surface area contributed by atoms with E-state index in [-0.39, 0.29) is 108 Å². The number of H-pyrrole nitrogens is 2. The van der Waals surface area contributed by atoms with Crippen LogP contribution in [0.3, 0.4) is 0 Å². The molecule has 34 heteroatoms. The van der Waals surface area contributed by atoms with Gasteiger partial charge >= 0.3 is 5.97 Å². The van der Waals surface area contributed by atoms with E-state index in [4.69, 9.17) is 45.9 Å². The topological polar surface area (TPSA) is 594 Å². The van der Waals surface area contributed by atoms with E-state index in [0.29, 0.717) is 17.8 Å². The van der Waals surface area contributed by atoms with Crippen LogP contribution in [0.2, 0.25) is 0 Å². The lowest BCUT2D eigenvalue weighted by atomic mass is 10.0. The highest BCUT2D eigenvalue weighted by Crippen LogP contribution is 2.11. The Hall–Kier alpha value is -8.95. The monoisotopic (exact) mass is 1140 g/mol. The van der Waals surface area contributed by atoms with Crippen LogP contribution in [-0.2, 0) is 65.6 Å². The van der Waals surface area contributed by atoms with Gasteiger partial charge in [0.15, 0.2) is 11.9 Å². The molecule has 10 amide bonds.